The van der Waals surface area contributed by atoms with E-state index in [4.69, 9.17) is 25.8 Å². The van der Waals surface area contributed by atoms with Gasteiger partial charge in [-0.05, 0) is 54.5 Å². The van der Waals surface area contributed by atoms with Crippen LogP contribution in [-0.4, -0.2) is 18.5 Å². The highest BCUT2D eigenvalue weighted by Gasteiger charge is 2.24. The topological polar surface area (TPSA) is 57.1 Å². The number of esters is 1. The number of cyclic esters (lactones) is 1. The zero-order valence-electron chi connectivity index (χ0n) is 17.2. The van der Waals surface area contributed by atoms with Gasteiger partial charge in [0.2, 0.25) is 5.90 Å². The Labute approximate surface area is 199 Å². The minimum atomic E-state index is -0.529. The average molecular weight is 513 g/mol. The summed E-state index contributed by atoms with van der Waals surface area (Å²) < 4.78 is 17.9. The smallest absolute Gasteiger partial charge is 0.363 e. The number of hydrogen-bond donors (Lipinski definition) is 0. The number of rotatable bonds is 7. The number of carbonyl (C=O) groups excluding carboxylic acids is 1. The molecule has 0 amide bonds. The maximum absolute atomic E-state index is 12.4. The highest BCUT2D eigenvalue weighted by molar-refractivity contribution is 9.10. The highest BCUT2D eigenvalue weighted by atomic mass is 79.9. The molecule has 0 atom stereocenters. The van der Waals surface area contributed by atoms with Crippen LogP contribution in [0.25, 0.3) is 6.08 Å². The second-order valence-electron chi connectivity index (χ2n) is 6.88. The summed E-state index contributed by atoms with van der Waals surface area (Å²) in [5, 5.41) is 0.376. The Kier molecular flexibility index (Phi) is 6.93. The van der Waals surface area contributed by atoms with Crippen molar-refractivity contribution in [3.05, 3.63) is 98.6 Å². The molecule has 0 spiro atoms. The van der Waals surface area contributed by atoms with Crippen molar-refractivity contribution >= 4 is 45.5 Å². The minimum Gasteiger partial charge on any atom is -0.490 e. The van der Waals surface area contributed by atoms with Crippen LogP contribution in [0.3, 0.4) is 0 Å². The monoisotopic (exact) mass is 511 g/mol. The fourth-order valence-electron chi connectivity index (χ4n) is 3.12. The summed E-state index contributed by atoms with van der Waals surface area (Å²) in [4.78, 5) is 16.7. The van der Waals surface area contributed by atoms with Crippen LogP contribution in [0.15, 0.2) is 81.9 Å². The number of aliphatic imine (C=N–C) groups is 1. The van der Waals surface area contributed by atoms with Crippen molar-refractivity contribution in [3.8, 4) is 11.5 Å². The fourth-order valence-corrected chi connectivity index (χ4v) is 3.79. The van der Waals surface area contributed by atoms with Crippen molar-refractivity contribution in [1.29, 1.82) is 0 Å². The van der Waals surface area contributed by atoms with Gasteiger partial charge < -0.3 is 14.2 Å². The van der Waals surface area contributed by atoms with Crippen molar-refractivity contribution in [1.82, 2.24) is 0 Å². The summed E-state index contributed by atoms with van der Waals surface area (Å²) in [7, 11) is 0. The summed E-state index contributed by atoms with van der Waals surface area (Å²) in [6.45, 7) is 2.67. The molecule has 3 aromatic carbocycles. The fraction of sp³-hybridized carbons (Fsp3) is 0.120. The summed E-state index contributed by atoms with van der Waals surface area (Å²) in [6, 6.07) is 20.6. The Morgan fingerprint density at radius 1 is 1.06 bits per heavy atom. The van der Waals surface area contributed by atoms with E-state index in [1.54, 1.807) is 18.2 Å². The Balaban J connectivity index is 1.62. The molecule has 4 rings (SSSR count). The SMILES string of the molecule is CCOc1cc(/C=C2\N=C(c3cccc(Br)c3)OC2=O)cc(Cl)c1OCc1ccccc1. The first-order valence-electron chi connectivity index (χ1n) is 9.95. The van der Waals surface area contributed by atoms with Gasteiger partial charge in [-0.2, -0.15) is 0 Å². The predicted molar refractivity (Wildman–Crippen MR) is 128 cm³/mol. The normalized spacial score (nSPS) is 14.3. The van der Waals surface area contributed by atoms with Crippen molar-refractivity contribution in [2.75, 3.05) is 6.61 Å². The van der Waals surface area contributed by atoms with Gasteiger partial charge in [0, 0.05) is 10.0 Å². The zero-order valence-corrected chi connectivity index (χ0v) is 19.5. The molecular formula is C25H19BrClNO4. The van der Waals surface area contributed by atoms with E-state index in [9.17, 15) is 4.79 Å². The third kappa shape index (κ3) is 5.21. The van der Waals surface area contributed by atoms with Gasteiger partial charge in [0.1, 0.15) is 6.61 Å². The zero-order chi connectivity index (χ0) is 22.5. The van der Waals surface area contributed by atoms with E-state index in [2.05, 4.69) is 20.9 Å². The van der Waals surface area contributed by atoms with Crippen LogP contribution in [0.4, 0.5) is 0 Å². The molecule has 0 saturated carbocycles. The molecule has 1 aliphatic heterocycles. The molecule has 1 heterocycles. The molecule has 7 heteroatoms. The molecule has 0 aliphatic carbocycles. The molecule has 0 bridgehead atoms. The molecule has 1 aliphatic rings. The van der Waals surface area contributed by atoms with Crippen molar-refractivity contribution in [2.45, 2.75) is 13.5 Å². The number of hydrogen-bond acceptors (Lipinski definition) is 5. The van der Waals surface area contributed by atoms with Gasteiger partial charge in [-0.25, -0.2) is 9.79 Å². The highest BCUT2D eigenvalue weighted by Crippen LogP contribution is 2.38. The molecule has 0 fully saturated rings. The molecule has 162 valence electrons. The third-order valence-corrected chi connectivity index (χ3v) is 5.33. The average Bonchev–Trinajstić information content (AvgIpc) is 3.14. The van der Waals surface area contributed by atoms with Crippen molar-refractivity contribution in [2.24, 2.45) is 4.99 Å². The van der Waals surface area contributed by atoms with Gasteiger partial charge in [0.25, 0.3) is 0 Å². The molecule has 3 aromatic rings. The number of ether oxygens (including phenoxy) is 3. The van der Waals surface area contributed by atoms with Gasteiger partial charge in [0.15, 0.2) is 17.2 Å². The van der Waals surface area contributed by atoms with Crippen LogP contribution >= 0.6 is 27.5 Å². The summed E-state index contributed by atoms with van der Waals surface area (Å²) in [5.74, 6) is 0.664. The standard InChI is InChI=1S/C25H19BrClNO4/c1-2-30-22-13-17(11-20(27)23(22)31-15-16-7-4-3-5-8-16)12-21-25(29)32-24(28-21)18-9-6-10-19(26)14-18/h3-14H,2,15H2,1H3/b21-12-. The molecular weight excluding hydrogens is 494 g/mol. The van der Waals surface area contributed by atoms with E-state index in [0.717, 1.165) is 10.0 Å². The second kappa shape index (κ2) is 10.0. The van der Waals surface area contributed by atoms with Crippen molar-refractivity contribution < 1.29 is 19.0 Å². The molecule has 0 aromatic heterocycles. The molecule has 5 nitrogen and oxygen atoms in total. The first kappa shape index (κ1) is 22.1. The van der Waals surface area contributed by atoms with Crippen molar-refractivity contribution in [3.63, 3.8) is 0 Å². The van der Waals surface area contributed by atoms with Crippen LogP contribution in [0.1, 0.15) is 23.6 Å². The lowest BCUT2D eigenvalue weighted by Crippen LogP contribution is -2.05. The van der Waals surface area contributed by atoms with Gasteiger partial charge in [0.05, 0.1) is 11.6 Å². The summed E-state index contributed by atoms with van der Waals surface area (Å²) >= 11 is 9.92. The lowest BCUT2D eigenvalue weighted by Gasteiger charge is -2.14. The van der Waals surface area contributed by atoms with Crippen LogP contribution < -0.4 is 9.47 Å². The Morgan fingerprint density at radius 3 is 2.62 bits per heavy atom. The van der Waals surface area contributed by atoms with Gasteiger partial charge >= 0.3 is 5.97 Å². The lowest BCUT2D eigenvalue weighted by atomic mass is 10.1. The molecule has 32 heavy (non-hydrogen) atoms. The van der Waals surface area contributed by atoms with Crippen LogP contribution in [0.5, 0.6) is 11.5 Å². The van der Waals surface area contributed by atoms with Gasteiger partial charge in [-0.1, -0.05) is 63.9 Å². The van der Waals surface area contributed by atoms with E-state index >= 15 is 0 Å². The lowest BCUT2D eigenvalue weighted by molar-refractivity contribution is -0.129. The van der Waals surface area contributed by atoms with Gasteiger partial charge in [-0.3, -0.25) is 0 Å². The van der Waals surface area contributed by atoms with Crippen LogP contribution in [0, 0.1) is 0 Å². The number of halogens is 2. The van der Waals surface area contributed by atoms with E-state index in [-0.39, 0.29) is 11.6 Å². The van der Waals surface area contributed by atoms with Crippen LogP contribution in [0.2, 0.25) is 5.02 Å². The summed E-state index contributed by atoms with van der Waals surface area (Å²) in [5.41, 5.74) is 2.54. The maximum atomic E-state index is 12.4. The Hall–Kier alpha value is -3.09. The Morgan fingerprint density at radius 2 is 1.88 bits per heavy atom. The van der Waals surface area contributed by atoms with E-state index in [1.165, 1.54) is 0 Å². The second-order valence-corrected chi connectivity index (χ2v) is 8.21. The largest absolute Gasteiger partial charge is 0.490 e. The number of benzene rings is 3. The van der Waals surface area contributed by atoms with E-state index in [0.29, 0.717) is 40.9 Å². The number of carbonyl (C=O) groups is 1. The predicted octanol–water partition coefficient (Wildman–Crippen LogP) is 6.42. The first-order chi connectivity index (χ1) is 15.5. The Bertz CT molecular complexity index is 1210. The quantitative estimate of drug-likeness (QED) is 0.271. The molecule has 0 saturated heterocycles. The minimum absolute atomic E-state index is 0.177. The maximum Gasteiger partial charge on any atom is 0.363 e. The van der Waals surface area contributed by atoms with E-state index < -0.39 is 5.97 Å². The van der Waals surface area contributed by atoms with Crippen LogP contribution in [-0.2, 0) is 16.1 Å². The number of nitrogens with zero attached hydrogens (tertiary/aromatic N) is 1. The van der Waals surface area contributed by atoms with Gasteiger partial charge in [-0.15, -0.1) is 0 Å². The van der Waals surface area contributed by atoms with E-state index in [1.807, 2.05) is 61.5 Å². The molecule has 0 radical (unpaired) electrons. The first-order valence-corrected chi connectivity index (χ1v) is 11.1. The molecule has 0 N–H and O–H groups in total. The molecule has 0 unspecified atom stereocenters. The summed E-state index contributed by atoms with van der Waals surface area (Å²) in [6.07, 6.45) is 1.61. The third-order valence-electron chi connectivity index (χ3n) is 4.55.